The third-order valence-electron chi connectivity index (χ3n) is 3.41. The second-order valence-electron chi connectivity index (χ2n) is 4.58. The van der Waals surface area contributed by atoms with Crippen LogP contribution in [0.4, 0.5) is 5.95 Å². The van der Waals surface area contributed by atoms with Crippen LogP contribution in [0.15, 0.2) is 12.3 Å². The second kappa shape index (κ2) is 3.96. The SMILES string of the molecule is CN1CCCC1Cc1nc2ccnc(N)n2n1. The highest BCUT2D eigenvalue weighted by Gasteiger charge is 2.22. The molecule has 0 saturated carbocycles. The molecule has 6 nitrogen and oxygen atoms in total. The predicted molar refractivity (Wildman–Crippen MR) is 64.6 cm³/mol. The summed E-state index contributed by atoms with van der Waals surface area (Å²) >= 11 is 0. The van der Waals surface area contributed by atoms with Gasteiger partial charge in [0.05, 0.1) is 0 Å². The zero-order valence-corrected chi connectivity index (χ0v) is 9.87. The average molecular weight is 232 g/mol. The van der Waals surface area contributed by atoms with E-state index in [0.29, 0.717) is 12.0 Å². The molecule has 0 radical (unpaired) electrons. The van der Waals surface area contributed by atoms with E-state index in [1.54, 1.807) is 10.7 Å². The van der Waals surface area contributed by atoms with Crippen molar-refractivity contribution in [2.24, 2.45) is 0 Å². The number of anilines is 1. The summed E-state index contributed by atoms with van der Waals surface area (Å²) in [5.74, 6) is 1.24. The molecule has 2 N–H and O–H groups in total. The van der Waals surface area contributed by atoms with Crippen LogP contribution in [-0.2, 0) is 6.42 Å². The van der Waals surface area contributed by atoms with Crippen LogP contribution in [0.25, 0.3) is 5.65 Å². The Morgan fingerprint density at radius 3 is 3.12 bits per heavy atom. The number of hydrogen-bond donors (Lipinski definition) is 1. The first-order valence-corrected chi connectivity index (χ1v) is 5.90. The fourth-order valence-electron chi connectivity index (χ4n) is 2.41. The van der Waals surface area contributed by atoms with Gasteiger partial charge in [-0.05, 0) is 26.4 Å². The number of rotatable bonds is 2. The maximum absolute atomic E-state index is 5.74. The topological polar surface area (TPSA) is 72.3 Å². The van der Waals surface area contributed by atoms with Crippen molar-refractivity contribution in [2.45, 2.75) is 25.3 Å². The molecule has 0 aliphatic carbocycles. The molecule has 0 amide bonds. The van der Waals surface area contributed by atoms with Crippen LogP contribution in [-0.4, -0.2) is 44.1 Å². The molecule has 3 rings (SSSR count). The summed E-state index contributed by atoms with van der Waals surface area (Å²) in [6.45, 7) is 1.17. The molecule has 1 unspecified atom stereocenters. The Labute approximate surface area is 99.5 Å². The fourth-order valence-corrected chi connectivity index (χ4v) is 2.41. The lowest BCUT2D eigenvalue weighted by molar-refractivity contribution is 0.306. The lowest BCUT2D eigenvalue weighted by Gasteiger charge is -2.17. The van der Waals surface area contributed by atoms with Crippen LogP contribution in [0.1, 0.15) is 18.7 Å². The van der Waals surface area contributed by atoms with Gasteiger partial charge in [0.2, 0.25) is 5.95 Å². The number of nitrogens with zero attached hydrogens (tertiary/aromatic N) is 5. The number of likely N-dealkylation sites (tertiary alicyclic amines) is 1. The molecule has 2 aromatic rings. The number of aromatic nitrogens is 4. The zero-order valence-electron chi connectivity index (χ0n) is 9.87. The van der Waals surface area contributed by atoms with Crippen LogP contribution >= 0.6 is 0 Å². The van der Waals surface area contributed by atoms with Crippen LogP contribution in [0.3, 0.4) is 0 Å². The van der Waals surface area contributed by atoms with Crippen LogP contribution in [0, 0.1) is 0 Å². The molecule has 1 aliphatic rings. The van der Waals surface area contributed by atoms with Gasteiger partial charge in [0, 0.05) is 24.7 Å². The van der Waals surface area contributed by atoms with E-state index < -0.39 is 0 Å². The van der Waals surface area contributed by atoms with E-state index in [1.807, 2.05) is 6.07 Å². The number of nitrogen functional groups attached to an aromatic ring is 1. The van der Waals surface area contributed by atoms with Crippen LogP contribution < -0.4 is 5.73 Å². The van der Waals surface area contributed by atoms with Crippen molar-refractivity contribution in [3.05, 3.63) is 18.1 Å². The van der Waals surface area contributed by atoms with Gasteiger partial charge in [0.1, 0.15) is 0 Å². The Kier molecular flexibility index (Phi) is 2.44. The third kappa shape index (κ3) is 1.84. The van der Waals surface area contributed by atoms with E-state index >= 15 is 0 Å². The number of fused-ring (bicyclic) bond motifs is 1. The monoisotopic (exact) mass is 232 g/mol. The van der Waals surface area contributed by atoms with E-state index in [-0.39, 0.29) is 0 Å². The average Bonchev–Trinajstić information content (AvgIpc) is 2.87. The van der Waals surface area contributed by atoms with Crippen molar-refractivity contribution in [1.29, 1.82) is 0 Å². The van der Waals surface area contributed by atoms with E-state index in [9.17, 15) is 0 Å². The molecular formula is C11H16N6. The molecule has 0 bridgehead atoms. The summed E-state index contributed by atoms with van der Waals surface area (Å²) < 4.78 is 1.60. The van der Waals surface area contributed by atoms with E-state index in [0.717, 1.165) is 17.9 Å². The largest absolute Gasteiger partial charge is 0.368 e. The van der Waals surface area contributed by atoms with Gasteiger partial charge < -0.3 is 10.6 Å². The van der Waals surface area contributed by atoms with Crippen molar-refractivity contribution >= 4 is 11.6 Å². The minimum atomic E-state index is 0.390. The summed E-state index contributed by atoms with van der Waals surface area (Å²) in [5, 5.41) is 4.40. The Morgan fingerprint density at radius 2 is 2.41 bits per heavy atom. The molecule has 17 heavy (non-hydrogen) atoms. The standard InChI is InChI=1S/C11H16N6/c1-16-6-2-3-8(16)7-9-14-10-4-5-13-11(12)17(10)15-9/h4-5,8H,2-3,6-7H2,1H3,(H2,12,13). The third-order valence-corrected chi connectivity index (χ3v) is 3.41. The van der Waals surface area contributed by atoms with Crippen molar-refractivity contribution < 1.29 is 0 Å². The summed E-state index contributed by atoms with van der Waals surface area (Å²) in [6, 6.07) is 2.38. The fraction of sp³-hybridized carbons (Fsp3) is 0.545. The minimum Gasteiger partial charge on any atom is -0.368 e. The van der Waals surface area contributed by atoms with Gasteiger partial charge in [-0.15, -0.1) is 5.10 Å². The molecule has 90 valence electrons. The van der Waals surface area contributed by atoms with Gasteiger partial charge in [-0.1, -0.05) is 0 Å². The van der Waals surface area contributed by atoms with Crippen molar-refractivity contribution in [2.75, 3.05) is 19.3 Å². The molecule has 1 atom stereocenters. The van der Waals surface area contributed by atoms with Gasteiger partial charge in [-0.25, -0.2) is 9.97 Å². The van der Waals surface area contributed by atoms with Crippen LogP contribution in [0.5, 0.6) is 0 Å². The predicted octanol–water partition coefficient (Wildman–Crippen LogP) is 0.343. The first-order valence-electron chi connectivity index (χ1n) is 5.90. The molecule has 3 heterocycles. The molecule has 1 saturated heterocycles. The van der Waals surface area contributed by atoms with Crippen molar-refractivity contribution in [1.82, 2.24) is 24.5 Å². The Hall–Kier alpha value is -1.69. The quantitative estimate of drug-likeness (QED) is 0.808. The van der Waals surface area contributed by atoms with E-state index in [1.165, 1.54) is 19.4 Å². The van der Waals surface area contributed by atoms with Crippen LogP contribution in [0.2, 0.25) is 0 Å². The lowest BCUT2D eigenvalue weighted by Crippen LogP contribution is -2.27. The highest BCUT2D eigenvalue weighted by Crippen LogP contribution is 2.18. The molecular weight excluding hydrogens is 216 g/mol. The van der Waals surface area contributed by atoms with Gasteiger partial charge in [0.25, 0.3) is 0 Å². The van der Waals surface area contributed by atoms with E-state index in [2.05, 4.69) is 27.0 Å². The first kappa shape index (κ1) is 10.5. The molecule has 2 aromatic heterocycles. The summed E-state index contributed by atoms with van der Waals surface area (Å²) in [4.78, 5) is 10.8. The number of nitrogens with two attached hydrogens (primary N) is 1. The van der Waals surface area contributed by atoms with Crippen molar-refractivity contribution in [3.8, 4) is 0 Å². The van der Waals surface area contributed by atoms with E-state index in [4.69, 9.17) is 5.73 Å². The molecule has 1 aliphatic heterocycles. The Balaban J connectivity index is 1.88. The minimum absolute atomic E-state index is 0.390. The molecule has 1 fully saturated rings. The Bertz CT molecular complexity index is 534. The summed E-state index contributed by atoms with van der Waals surface area (Å²) in [6.07, 6.45) is 5.03. The molecule has 6 heteroatoms. The molecule has 0 spiro atoms. The van der Waals surface area contributed by atoms with Gasteiger partial charge in [-0.2, -0.15) is 4.52 Å². The highest BCUT2D eigenvalue weighted by atomic mass is 15.3. The van der Waals surface area contributed by atoms with Gasteiger partial charge in [-0.3, -0.25) is 0 Å². The molecule has 0 aromatic carbocycles. The number of likely N-dealkylation sites (N-methyl/N-ethyl adjacent to an activating group) is 1. The smallest absolute Gasteiger partial charge is 0.223 e. The van der Waals surface area contributed by atoms with Crippen molar-refractivity contribution in [3.63, 3.8) is 0 Å². The highest BCUT2D eigenvalue weighted by molar-refractivity contribution is 5.41. The van der Waals surface area contributed by atoms with Gasteiger partial charge in [0.15, 0.2) is 11.5 Å². The maximum Gasteiger partial charge on any atom is 0.223 e. The normalized spacial score (nSPS) is 21.4. The summed E-state index contributed by atoms with van der Waals surface area (Å²) in [5.41, 5.74) is 6.52. The van der Waals surface area contributed by atoms with Gasteiger partial charge >= 0.3 is 0 Å². The second-order valence-corrected chi connectivity index (χ2v) is 4.58. The summed E-state index contributed by atoms with van der Waals surface area (Å²) in [7, 11) is 2.16. The lowest BCUT2D eigenvalue weighted by atomic mass is 10.1. The number of hydrogen-bond acceptors (Lipinski definition) is 5. The Morgan fingerprint density at radius 1 is 1.53 bits per heavy atom. The zero-order chi connectivity index (χ0) is 11.8. The first-order chi connectivity index (χ1) is 8.24. The maximum atomic E-state index is 5.74.